The summed E-state index contributed by atoms with van der Waals surface area (Å²) < 4.78 is 5.24. The Morgan fingerprint density at radius 1 is 1.11 bits per heavy atom. The van der Waals surface area contributed by atoms with Crippen molar-refractivity contribution >= 4 is 28.4 Å². The Kier molecular flexibility index (Phi) is 4.55. The number of carbonyl (C=O) groups is 1. The zero-order chi connectivity index (χ0) is 18.8. The molecule has 0 saturated carbocycles. The highest BCUT2D eigenvalue weighted by molar-refractivity contribution is 6.03. The number of aromatic nitrogens is 2. The van der Waals surface area contributed by atoms with Gasteiger partial charge in [0.15, 0.2) is 0 Å². The number of fused-ring (bicyclic) bond motifs is 1. The van der Waals surface area contributed by atoms with Crippen molar-refractivity contribution in [2.45, 2.75) is 0 Å². The fraction of sp³-hybridized carbons (Fsp3) is 0.263. The summed E-state index contributed by atoms with van der Waals surface area (Å²) in [7, 11) is 2.07. The number of benzene rings is 1. The Morgan fingerprint density at radius 3 is 2.70 bits per heavy atom. The van der Waals surface area contributed by atoms with Gasteiger partial charge < -0.3 is 19.5 Å². The van der Waals surface area contributed by atoms with E-state index in [0.29, 0.717) is 11.4 Å². The molecule has 0 aliphatic carbocycles. The molecule has 4 rings (SSSR count). The largest absolute Gasteiger partial charge is 0.421 e. The maximum atomic E-state index is 12.6. The Bertz CT molecular complexity index is 1040. The molecule has 0 atom stereocenters. The fourth-order valence-electron chi connectivity index (χ4n) is 3.02. The quantitative estimate of drug-likeness (QED) is 0.705. The van der Waals surface area contributed by atoms with Crippen molar-refractivity contribution in [1.29, 1.82) is 0 Å². The molecule has 8 heteroatoms. The van der Waals surface area contributed by atoms with Crippen LogP contribution in [0.25, 0.3) is 11.0 Å². The van der Waals surface area contributed by atoms with Gasteiger partial charge in [-0.05, 0) is 19.2 Å². The van der Waals surface area contributed by atoms with Gasteiger partial charge in [0, 0.05) is 37.6 Å². The van der Waals surface area contributed by atoms with Crippen molar-refractivity contribution < 1.29 is 9.21 Å². The number of amides is 1. The van der Waals surface area contributed by atoms with Gasteiger partial charge in [0.25, 0.3) is 5.91 Å². The van der Waals surface area contributed by atoms with E-state index in [1.807, 2.05) is 12.1 Å². The van der Waals surface area contributed by atoms with Gasteiger partial charge in [0.05, 0.1) is 0 Å². The predicted octanol–water partition coefficient (Wildman–Crippen LogP) is 1.59. The summed E-state index contributed by atoms with van der Waals surface area (Å²) in [6.45, 7) is 3.54. The third-order valence-electron chi connectivity index (χ3n) is 4.60. The molecule has 1 saturated heterocycles. The molecule has 1 amide bonds. The zero-order valence-corrected chi connectivity index (χ0v) is 14.9. The number of para-hydroxylation sites is 1. The molecular formula is C19H19N5O3. The van der Waals surface area contributed by atoms with E-state index in [1.54, 1.807) is 24.3 Å². The van der Waals surface area contributed by atoms with Crippen molar-refractivity contribution in [2.24, 2.45) is 0 Å². The Hall–Kier alpha value is -3.26. The van der Waals surface area contributed by atoms with Crippen molar-refractivity contribution in [3.05, 3.63) is 58.8 Å². The molecular weight excluding hydrogens is 346 g/mol. The van der Waals surface area contributed by atoms with Crippen LogP contribution >= 0.6 is 0 Å². The first-order chi connectivity index (χ1) is 13.1. The number of anilines is 2. The van der Waals surface area contributed by atoms with Crippen LogP contribution in [0.5, 0.6) is 0 Å². The van der Waals surface area contributed by atoms with Gasteiger partial charge >= 0.3 is 5.63 Å². The van der Waals surface area contributed by atoms with Gasteiger partial charge in [-0.25, -0.2) is 14.8 Å². The molecule has 1 fully saturated rings. The lowest BCUT2D eigenvalue weighted by Crippen LogP contribution is -2.44. The maximum absolute atomic E-state index is 12.6. The lowest BCUT2D eigenvalue weighted by Gasteiger charge is -2.33. The van der Waals surface area contributed by atoms with Crippen LogP contribution in [0.2, 0.25) is 0 Å². The number of nitrogens with one attached hydrogen (secondary N) is 1. The molecule has 0 unspecified atom stereocenters. The van der Waals surface area contributed by atoms with E-state index in [9.17, 15) is 9.59 Å². The molecule has 1 N–H and O–H groups in total. The SMILES string of the molecule is CN1CCN(c2cc(C(=O)Nc3cc4ccccc4oc3=O)ncn2)CC1. The molecule has 0 radical (unpaired) electrons. The molecule has 0 bridgehead atoms. The fourth-order valence-corrected chi connectivity index (χ4v) is 3.02. The highest BCUT2D eigenvalue weighted by Crippen LogP contribution is 2.17. The van der Waals surface area contributed by atoms with Crippen molar-refractivity contribution in [3.8, 4) is 0 Å². The second-order valence-electron chi connectivity index (χ2n) is 6.49. The Labute approximate surface area is 155 Å². The molecule has 1 aromatic carbocycles. The summed E-state index contributed by atoms with van der Waals surface area (Å²) >= 11 is 0. The predicted molar refractivity (Wildman–Crippen MR) is 102 cm³/mol. The van der Waals surface area contributed by atoms with Gasteiger partial charge in [-0.3, -0.25) is 4.79 Å². The summed E-state index contributed by atoms with van der Waals surface area (Å²) in [6.07, 6.45) is 1.37. The molecule has 3 heterocycles. The molecule has 8 nitrogen and oxygen atoms in total. The second-order valence-corrected chi connectivity index (χ2v) is 6.49. The number of likely N-dealkylation sites (N-methyl/N-ethyl adjacent to an activating group) is 1. The van der Waals surface area contributed by atoms with Crippen LogP contribution in [0.3, 0.4) is 0 Å². The summed E-state index contributed by atoms with van der Waals surface area (Å²) in [5.41, 5.74) is 0.153. The first-order valence-electron chi connectivity index (χ1n) is 8.70. The minimum absolute atomic E-state index is 0.0819. The average molecular weight is 365 g/mol. The van der Waals surface area contributed by atoms with Gasteiger partial charge in [0.2, 0.25) is 0 Å². The molecule has 3 aromatic rings. The highest BCUT2D eigenvalue weighted by Gasteiger charge is 2.18. The first-order valence-corrected chi connectivity index (χ1v) is 8.70. The van der Waals surface area contributed by atoms with Crippen molar-refractivity contribution in [2.75, 3.05) is 43.4 Å². The molecule has 27 heavy (non-hydrogen) atoms. The third-order valence-corrected chi connectivity index (χ3v) is 4.60. The molecule has 0 spiro atoms. The first kappa shape index (κ1) is 17.2. The third kappa shape index (κ3) is 3.65. The van der Waals surface area contributed by atoms with Gasteiger partial charge in [-0.15, -0.1) is 0 Å². The number of carbonyl (C=O) groups excluding carboxylic acids is 1. The normalized spacial score (nSPS) is 15.1. The van der Waals surface area contributed by atoms with E-state index in [0.717, 1.165) is 31.6 Å². The van der Waals surface area contributed by atoms with Crippen LogP contribution in [-0.2, 0) is 0 Å². The number of nitrogens with zero attached hydrogens (tertiary/aromatic N) is 4. The van der Waals surface area contributed by atoms with E-state index in [-0.39, 0.29) is 11.4 Å². The molecule has 1 aliphatic heterocycles. The van der Waals surface area contributed by atoms with E-state index in [4.69, 9.17) is 4.42 Å². The van der Waals surface area contributed by atoms with Crippen LogP contribution in [0.15, 0.2) is 51.9 Å². The second kappa shape index (κ2) is 7.16. The standard InChI is InChI=1S/C19H19N5O3/c1-23-6-8-24(9-7-23)17-11-14(20-12-21-17)18(25)22-15-10-13-4-2-3-5-16(13)27-19(15)26/h2-5,10-12H,6-9H2,1H3,(H,22,25). The van der Waals surface area contributed by atoms with Crippen molar-refractivity contribution in [1.82, 2.24) is 14.9 Å². The van der Waals surface area contributed by atoms with Gasteiger partial charge in [-0.2, -0.15) is 0 Å². The minimum Gasteiger partial charge on any atom is -0.421 e. The van der Waals surface area contributed by atoms with E-state index >= 15 is 0 Å². The lowest BCUT2D eigenvalue weighted by atomic mass is 10.2. The molecule has 138 valence electrons. The highest BCUT2D eigenvalue weighted by atomic mass is 16.4. The summed E-state index contributed by atoms with van der Waals surface area (Å²) in [5.74, 6) is 0.226. The minimum atomic E-state index is -0.601. The van der Waals surface area contributed by atoms with Crippen LogP contribution in [0.1, 0.15) is 10.5 Å². The van der Waals surface area contributed by atoms with E-state index in [1.165, 1.54) is 6.33 Å². The topological polar surface area (TPSA) is 91.6 Å². The van der Waals surface area contributed by atoms with Crippen LogP contribution < -0.4 is 15.8 Å². The Balaban J connectivity index is 1.56. The smallest absolute Gasteiger partial charge is 0.360 e. The van der Waals surface area contributed by atoms with Crippen LogP contribution in [-0.4, -0.2) is 54.0 Å². The monoisotopic (exact) mass is 365 g/mol. The number of piperazine rings is 1. The van der Waals surface area contributed by atoms with Crippen LogP contribution in [0, 0.1) is 0 Å². The van der Waals surface area contributed by atoms with E-state index in [2.05, 4.69) is 32.1 Å². The average Bonchev–Trinajstić information content (AvgIpc) is 2.69. The summed E-state index contributed by atoms with van der Waals surface area (Å²) in [5, 5.41) is 3.32. The van der Waals surface area contributed by atoms with Gasteiger partial charge in [0.1, 0.15) is 29.1 Å². The molecule has 2 aromatic heterocycles. The van der Waals surface area contributed by atoms with Crippen molar-refractivity contribution in [3.63, 3.8) is 0 Å². The summed E-state index contributed by atoms with van der Waals surface area (Å²) in [4.78, 5) is 37.4. The number of rotatable bonds is 3. The number of hydrogen-bond acceptors (Lipinski definition) is 7. The maximum Gasteiger partial charge on any atom is 0.360 e. The molecule has 1 aliphatic rings. The van der Waals surface area contributed by atoms with Gasteiger partial charge in [-0.1, -0.05) is 18.2 Å². The van der Waals surface area contributed by atoms with Crippen LogP contribution in [0.4, 0.5) is 11.5 Å². The zero-order valence-electron chi connectivity index (χ0n) is 14.9. The lowest BCUT2D eigenvalue weighted by molar-refractivity contribution is 0.102. The van der Waals surface area contributed by atoms with E-state index < -0.39 is 11.5 Å². The Morgan fingerprint density at radius 2 is 1.89 bits per heavy atom. The summed E-state index contributed by atoms with van der Waals surface area (Å²) in [6, 6.07) is 10.4. The number of hydrogen-bond donors (Lipinski definition) is 1.